The fourth-order valence-electron chi connectivity index (χ4n) is 5.51. The first-order chi connectivity index (χ1) is 27.5. The van der Waals surface area contributed by atoms with E-state index in [0.717, 1.165) is 23.5 Å². The van der Waals surface area contributed by atoms with E-state index in [0.29, 0.717) is 11.6 Å². The number of rotatable bonds is 20. The summed E-state index contributed by atoms with van der Waals surface area (Å²) in [5.41, 5.74) is -1.14. The van der Waals surface area contributed by atoms with Crippen LogP contribution in [0, 0.1) is 28.8 Å². The van der Waals surface area contributed by atoms with Crippen LogP contribution in [-0.4, -0.2) is 64.0 Å². The van der Waals surface area contributed by atoms with Crippen LogP contribution in [0.15, 0.2) is 104 Å². The number of esters is 1. The number of carbonyl (C=O) groups is 1. The number of carbonyl (C=O) groups excluding carboxylic acids is 1. The molecule has 1 aliphatic heterocycles. The molecule has 0 bridgehead atoms. The van der Waals surface area contributed by atoms with Gasteiger partial charge < -0.3 is 14.2 Å². The molecule has 1 fully saturated rings. The van der Waals surface area contributed by atoms with E-state index in [9.17, 15) is 18.1 Å². The minimum Gasteiger partial charge on any atom is -0.447 e. The van der Waals surface area contributed by atoms with Gasteiger partial charge in [-0.2, -0.15) is 10.4 Å². The Morgan fingerprint density at radius 1 is 1.11 bits per heavy atom. The quantitative estimate of drug-likeness (QED) is 0.0364. The third-order valence-electron chi connectivity index (χ3n) is 8.27. The van der Waals surface area contributed by atoms with Gasteiger partial charge in [0.1, 0.15) is 35.0 Å². The van der Waals surface area contributed by atoms with Crippen LogP contribution in [0.3, 0.4) is 0 Å². The molecule has 300 valence electrons. The highest BCUT2D eigenvalue weighted by atomic mass is 32.2. The number of aromatic nitrogens is 3. The van der Waals surface area contributed by atoms with E-state index >= 15 is 4.39 Å². The minimum atomic E-state index is -4.10. The summed E-state index contributed by atoms with van der Waals surface area (Å²) in [6.45, 7) is 8.32. The molecule has 0 saturated carbocycles. The van der Waals surface area contributed by atoms with E-state index in [4.69, 9.17) is 33.0 Å². The molecule has 1 aliphatic rings. The van der Waals surface area contributed by atoms with Gasteiger partial charge in [0.25, 0.3) is 0 Å². The van der Waals surface area contributed by atoms with E-state index in [1.54, 1.807) is 42.7 Å². The van der Waals surface area contributed by atoms with Crippen LogP contribution in [0.1, 0.15) is 38.8 Å². The van der Waals surface area contributed by atoms with Crippen LogP contribution in [0.2, 0.25) is 0 Å². The molecule has 0 N–H and O–H groups in total. The van der Waals surface area contributed by atoms with Gasteiger partial charge in [-0.3, -0.25) is 13.6 Å². The third-order valence-corrected chi connectivity index (χ3v) is 12.0. The van der Waals surface area contributed by atoms with Crippen molar-refractivity contribution in [3.05, 3.63) is 149 Å². The summed E-state index contributed by atoms with van der Waals surface area (Å²) in [4.78, 5) is 18.3. The first kappa shape index (κ1) is 43.5. The normalized spacial score (nSPS) is 17.6. The highest BCUT2D eigenvalue weighted by Crippen LogP contribution is 2.50. The molecule has 57 heavy (non-hydrogen) atoms. The van der Waals surface area contributed by atoms with Crippen molar-refractivity contribution in [1.29, 1.82) is 5.26 Å². The number of thiophene rings is 1. The number of phosphoric acid groups is 1. The maximum Gasteiger partial charge on any atom is 0.475 e. The molecular weight excluding hydrogens is 805 g/mol. The van der Waals surface area contributed by atoms with Crippen LogP contribution in [-0.2, 0) is 51.1 Å². The zero-order chi connectivity index (χ0) is 40.8. The van der Waals surface area contributed by atoms with Gasteiger partial charge in [0, 0.05) is 28.0 Å². The number of phosphoric ester groups is 1. The standard InChI is InChI=1S/C39H38F3N4O8PS2/c1-4-15-51-55(48,52-16-5-2)53-21-30-14-17-56-37(30)38(47)54-39(24-46-26-44-25-45-46,33-13-12-31(40)19-35(33)42)27(3)57-32-22-49-36(50-23-32)9-7-6-8-29-11-10-28(20-43)18-34(29)41/h4-14,17-19,25-27,32,36H,1-2,15-16,21-24H2,3H3/b8-6+,9-7+/t27-,32?,36?,39-/m1/s1. The van der Waals surface area contributed by atoms with Gasteiger partial charge in [-0.05, 0) is 48.7 Å². The molecule has 0 radical (unpaired) electrons. The Morgan fingerprint density at radius 3 is 2.51 bits per heavy atom. The Bertz CT molecular complexity index is 2140. The average molecular weight is 843 g/mol. The molecule has 0 aliphatic carbocycles. The first-order valence-corrected chi connectivity index (χ1v) is 20.5. The molecule has 2 aromatic heterocycles. The molecule has 4 aromatic rings. The molecule has 3 heterocycles. The Hall–Kier alpha value is -4.63. The van der Waals surface area contributed by atoms with Gasteiger partial charge >= 0.3 is 13.8 Å². The predicted octanol–water partition coefficient (Wildman–Crippen LogP) is 8.54. The summed E-state index contributed by atoms with van der Waals surface area (Å²) in [7, 11) is -4.10. The Balaban J connectivity index is 1.36. The first-order valence-electron chi connectivity index (χ1n) is 17.3. The summed E-state index contributed by atoms with van der Waals surface area (Å²) in [5.74, 6) is -3.19. The van der Waals surface area contributed by atoms with Gasteiger partial charge in [0.2, 0.25) is 0 Å². The van der Waals surface area contributed by atoms with Crippen molar-refractivity contribution < 1.29 is 50.3 Å². The third kappa shape index (κ3) is 11.7. The monoisotopic (exact) mass is 842 g/mol. The highest BCUT2D eigenvalue weighted by Gasteiger charge is 2.47. The summed E-state index contributed by atoms with van der Waals surface area (Å²) in [6, 6.07) is 10.6. The lowest BCUT2D eigenvalue weighted by Crippen LogP contribution is -2.47. The summed E-state index contributed by atoms with van der Waals surface area (Å²) in [5, 5.41) is 13.7. The molecule has 5 rings (SSSR count). The second-order valence-corrected chi connectivity index (χ2v) is 16.4. The molecule has 0 spiro atoms. The van der Waals surface area contributed by atoms with E-state index in [-0.39, 0.29) is 66.4 Å². The molecular formula is C39H38F3N4O8PS2. The number of ether oxygens (including phenoxy) is 3. The average Bonchev–Trinajstić information content (AvgIpc) is 3.91. The number of benzene rings is 2. The lowest BCUT2D eigenvalue weighted by molar-refractivity contribution is -0.146. The van der Waals surface area contributed by atoms with E-state index < -0.39 is 48.4 Å². The number of halogens is 3. The molecule has 1 saturated heterocycles. The number of hydrogen-bond acceptors (Lipinski definition) is 13. The zero-order valence-corrected chi connectivity index (χ0v) is 33.1. The largest absolute Gasteiger partial charge is 0.475 e. The summed E-state index contributed by atoms with van der Waals surface area (Å²) < 4.78 is 93.3. The van der Waals surface area contributed by atoms with E-state index in [2.05, 4.69) is 23.2 Å². The topological polar surface area (TPSA) is 144 Å². The van der Waals surface area contributed by atoms with Gasteiger partial charge in [0.05, 0.1) is 56.5 Å². The van der Waals surface area contributed by atoms with Crippen LogP contribution < -0.4 is 0 Å². The van der Waals surface area contributed by atoms with Crippen molar-refractivity contribution in [3.8, 4) is 6.07 Å². The Kier molecular flexibility index (Phi) is 15.8. The number of nitriles is 1. The number of allylic oxidation sites excluding steroid dienone is 2. The van der Waals surface area contributed by atoms with Crippen LogP contribution >= 0.6 is 30.9 Å². The van der Waals surface area contributed by atoms with Crippen LogP contribution in [0.5, 0.6) is 0 Å². The van der Waals surface area contributed by atoms with Gasteiger partial charge in [-0.15, -0.1) is 36.3 Å². The molecule has 0 unspecified atom stereocenters. The minimum absolute atomic E-state index is 0.0617. The number of hydrogen-bond donors (Lipinski definition) is 0. The predicted molar refractivity (Wildman–Crippen MR) is 208 cm³/mol. The molecule has 0 amide bonds. The smallest absolute Gasteiger partial charge is 0.447 e. The second-order valence-electron chi connectivity index (χ2n) is 12.2. The Morgan fingerprint density at radius 2 is 1.86 bits per heavy atom. The van der Waals surface area contributed by atoms with E-state index in [1.165, 1.54) is 59.4 Å². The summed E-state index contributed by atoms with van der Waals surface area (Å²) in [6.07, 6.45) is 11.1. The van der Waals surface area contributed by atoms with Crippen molar-refractivity contribution in [2.75, 3.05) is 26.4 Å². The van der Waals surface area contributed by atoms with Crippen LogP contribution in [0.4, 0.5) is 13.2 Å². The lowest BCUT2D eigenvalue weighted by Gasteiger charge is -2.40. The zero-order valence-electron chi connectivity index (χ0n) is 30.6. The van der Waals surface area contributed by atoms with Crippen LogP contribution in [0.25, 0.3) is 6.08 Å². The number of thioether (sulfide) groups is 1. The molecule has 12 nitrogen and oxygen atoms in total. The SMILES string of the molecule is C=CCOP(=O)(OCC=C)OCc1ccsc1C(=O)O[C@@](Cn1cncn1)(c1ccc(F)cc1F)[C@@H](C)SC1COC(/C=C/C=C/c2ccc(C#N)cc2F)OC1. The van der Waals surface area contributed by atoms with E-state index in [1.807, 2.05) is 6.07 Å². The highest BCUT2D eigenvalue weighted by molar-refractivity contribution is 8.00. The van der Waals surface area contributed by atoms with Gasteiger partial charge in [-0.25, -0.2) is 32.2 Å². The Labute approximate surface area is 335 Å². The maximum absolute atomic E-state index is 15.9. The molecule has 2 atom stereocenters. The molecule has 2 aromatic carbocycles. The van der Waals surface area contributed by atoms with Gasteiger partial charge in [0.15, 0.2) is 11.9 Å². The van der Waals surface area contributed by atoms with Crippen molar-refractivity contribution in [1.82, 2.24) is 14.8 Å². The fourth-order valence-corrected chi connectivity index (χ4v) is 8.76. The van der Waals surface area contributed by atoms with Crippen molar-refractivity contribution in [2.45, 2.75) is 42.5 Å². The summed E-state index contributed by atoms with van der Waals surface area (Å²) >= 11 is 2.32. The maximum atomic E-state index is 15.9. The van der Waals surface area contributed by atoms with Gasteiger partial charge in [-0.1, -0.05) is 36.4 Å². The molecule has 18 heteroatoms. The number of nitrogens with zero attached hydrogens (tertiary/aromatic N) is 4. The van der Waals surface area contributed by atoms with Crippen molar-refractivity contribution in [2.24, 2.45) is 0 Å². The second kappa shape index (κ2) is 20.7. The van der Waals surface area contributed by atoms with Crippen molar-refractivity contribution in [3.63, 3.8) is 0 Å². The lowest BCUT2D eigenvalue weighted by atomic mass is 9.89. The fraction of sp³-hybridized carbons (Fsp3) is 0.282. The van der Waals surface area contributed by atoms with Crippen molar-refractivity contribution >= 4 is 43.0 Å².